The van der Waals surface area contributed by atoms with Gasteiger partial charge in [0.1, 0.15) is 23.2 Å². The molecule has 0 bridgehead atoms. The van der Waals surface area contributed by atoms with Crippen molar-refractivity contribution in [3.63, 3.8) is 0 Å². The molecule has 0 radical (unpaired) electrons. The molecule has 5 heteroatoms. The van der Waals surface area contributed by atoms with Crippen molar-refractivity contribution in [1.29, 1.82) is 0 Å². The molecule has 3 atom stereocenters. The van der Waals surface area contributed by atoms with Crippen LogP contribution in [-0.4, -0.2) is 18.8 Å². The number of ether oxygens (including phenoxy) is 3. The van der Waals surface area contributed by atoms with Gasteiger partial charge in [-0.15, -0.1) is 0 Å². The van der Waals surface area contributed by atoms with E-state index in [0.717, 1.165) is 22.1 Å². The van der Waals surface area contributed by atoms with Crippen molar-refractivity contribution in [2.75, 3.05) is 7.11 Å². The summed E-state index contributed by atoms with van der Waals surface area (Å²) in [5.41, 5.74) is 2.15. The van der Waals surface area contributed by atoms with Crippen LogP contribution in [0.25, 0.3) is 17.0 Å². The van der Waals surface area contributed by atoms with Crippen LogP contribution in [-0.2, 0) is 4.74 Å². The van der Waals surface area contributed by atoms with Crippen LogP contribution in [0.3, 0.4) is 0 Å². The van der Waals surface area contributed by atoms with Gasteiger partial charge in [0, 0.05) is 19.1 Å². The summed E-state index contributed by atoms with van der Waals surface area (Å²) in [6, 6.07) is 1.50. The molecule has 2 aliphatic rings. The minimum absolute atomic E-state index is 0.0335. The number of benzene rings is 1. The minimum Gasteiger partial charge on any atom is -0.489 e. The van der Waals surface area contributed by atoms with E-state index in [0.29, 0.717) is 17.1 Å². The van der Waals surface area contributed by atoms with Crippen molar-refractivity contribution in [3.05, 3.63) is 39.3 Å². The SMILES string of the molecule is CO[C@H]1c2c(c3c(c4c(C)cc(=O)oc24)OC(C)(C)C=C3)O[C@H](C)[C@H]1C. The van der Waals surface area contributed by atoms with E-state index in [1.165, 1.54) is 6.07 Å². The van der Waals surface area contributed by atoms with Crippen molar-refractivity contribution >= 4 is 17.0 Å². The molecule has 0 saturated heterocycles. The van der Waals surface area contributed by atoms with Gasteiger partial charge in [0.2, 0.25) is 0 Å². The number of rotatable bonds is 1. The predicted octanol–water partition coefficient (Wildman–Crippen LogP) is 4.39. The molecule has 2 aliphatic heterocycles. The first-order valence-electron chi connectivity index (χ1n) is 8.95. The quantitative estimate of drug-likeness (QED) is 0.709. The zero-order valence-corrected chi connectivity index (χ0v) is 16.0. The zero-order chi connectivity index (χ0) is 18.8. The van der Waals surface area contributed by atoms with Crippen molar-refractivity contribution in [2.45, 2.75) is 52.4 Å². The molecule has 0 unspecified atom stereocenters. The van der Waals surface area contributed by atoms with Gasteiger partial charge in [0.15, 0.2) is 5.58 Å². The molecule has 0 saturated carbocycles. The molecule has 3 heterocycles. The van der Waals surface area contributed by atoms with E-state index in [1.54, 1.807) is 7.11 Å². The lowest BCUT2D eigenvalue weighted by molar-refractivity contribution is -0.0125. The molecule has 0 N–H and O–H groups in total. The average molecular weight is 356 g/mol. The van der Waals surface area contributed by atoms with Crippen LogP contribution in [0, 0.1) is 12.8 Å². The molecule has 0 spiro atoms. The van der Waals surface area contributed by atoms with Gasteiger partial charge in [-0.2, -0.15) is 0 Å². The van der Waals surface area contributed by atoms with Crippen LogP contribution in [0.1, 0.15) is 50.5 Å². The maximum absolute atomic E-state index is 12.1. The molecule has 2 aromatic rings. The molecule has 0 amide bonds. The molecule has 26 heavy (non-hydrogen) atoms. The van der Waals surface area contributed by atoms with E-state index >= 15 is 0 Å². The molecule has 1 aromatic heterocycles. The second-order valence-electron chi connectivity index (χ2n) is 7.82. The average Bonchev–Trinajstić information content (AvgIpc) is 2.55. The van der Waals surface area contributed by atoms with Crippen LogP contribution < -0.4 is 15.1 Å². The van der Waals surface area contributed by atoms with Gasteiger partial charge in [-0.05, 0) is 45.4 Å². The lowest BCUT2D eigenvalue weighted by Gasteiger charge is -2.38. The topological polar surface area (TPSA) is 57.9 Å². The summed E-state index contributed by atoms with van der Waals surface area (Å²) in [4.78, 5) is 12.1. The van der Waals surface area contributed by atoms with Gasteiger partial charge in [-0.25, -0.2) is 4.79 Å². The summed E-state index contributed by atoms with van der Waals surface area (Å²) in [6.07, 6.45) is 3.80. The third-order valence-corrected chi connectivity index (χ3v) is 5.44. The second-order valence-corrected chi connectivity index (χ2v) is 7.82. The predicted molar refractivity (Wildman–Crippen MR) is 100.0 cm³/mol. The first-order chi connectivity index (χ1) is 12.2. The Hall–Kier alpha value is -2.27. The highest BCUT2D eigenvalue weighted by atomic mass is 16.5. The normalized spacial score (nSPS) is 26.0. The Kier molecular flexibility index (Phi) is 3.70. The highest BCUT2D eigenvalue weighted by Gasteiger charge is 2.40. The smallest absolute Gasteiger partial charge is 0.336 e. The summed E-state index contributed by atoms with van der Waals surface area (Å²) < 4.78 is 24.0. The molecule has 5 nitrogen and oxygen atoms in total. The van der Waals surface area contributed by atoms with Crippen molar-refractivity contribution in [1.82, 2.24) is 0 Å². The van der Waals surface area contributed by atoms with E-state index in [-0.39, 0.29) is 23.8 Å². The second kappa shape index (κ2) is 5.61. The fraction of sp³-hybridized carbons (Fsp3) is 0.476. The van der Waals surface area contributed by atoms with Crippen molar-refractivity contribution < 1.29 is 18.6 Å². The van der Waals surface area contributed by atoms with Crippen molar-refractivity contribution in [3.8, 4) is 11.5 Å². The minimum atomic E-state index is -0.453. The molecular weight excluding hydrogens is 332 g/mol. The summed E-state index contributed by atoms with van der Waals surface area (Å²) in [6.45, 7) is 10.00. The Morgan fingerprint density at radius 2 is 1.92 bits per heavy atom. The molecule has 4 rings (SSSR count). The number of fused-ring (bicyclic) bond motifs is 6. The fourth-order valence-electron chi connectivity index (χ4n) is 3.93. The first kappa shape index (κ1) is 17.2. The van der Waals surface area contributed by atoms with E-state index in [1.807, 2.05) is 39.8 Å². The summed E-state index contributed by atoms with van der Waals surface area (Å²) in [5, 5.41) is 0.808. The summed E-state index contributed by atoms with van der Waals surface area (Å²) in [7, 11) is 1.68. The van der Waals surface area contributed by atoms with Crippen LogP contribution in [0.5, 0.6) is 11.5 Å². The number of methoxy groups -OCH3 is 1. The van der Waals surface area contributed by atoms with Crippen molar-refractivity contribution in [2.24, 2.45) is 5.92 Å². The monoisotopic (exact) mass is 356 g/mol. The Morgan fingerprint density at radius 1 is 1.19 bits per heavy atom. The van der Waals surface area contributed by atoms with E-state index < -0.39 is 5.60 Å². The van der Waals surface area contributed by atoms with Gasteiger partial charge in [0.05, 0.1) is 22.6 Å². The van der Waals surface area contributed by atoms with E-state index in [4.69, 9.17) is 18.6 Å². The van der Waals surface area contributed by atoms with Gasteiger partial charge in [-0.3, -0.25) is 0 Å². The Labute approximate surface area is 152 Å². The summed E-state index contributed by atoms with van der Waals surface area (Å²) in [5.74, 6) is 1.50. The van der Waals surface area contributed by atoms with Gasteiger partial charge in [-0.1, -0.05) is 6.92 Å². The lowest BCUT2D eigenvalue weighted by atomic mass is 9.85. The van der Waals surface area contributed by atoms with Crippen LogP contribution in [0.15, 0.2) is 21.4 Å². The maximum atomic E-state index is 12.1. The van der Waals surface area contributed by atoms with Gasteiger partial charge < -0.3 is 18.6 Å². The molecule has 138 valence electrons. The Bertz CT molecular complexity index is 982. The van der Waals surface area contributed by atoms with E-state index in [2.05, 4.69) is 6.92 Å². The summed E-state index contributed by atoms with van der Waals surface area (Å²) >= 11 is 0. The third-order valence-electron chi connectivity index (χ3n) is 5.44. The lowest BCUT2D eigenvalue weighted by Crippen LogP contribution is -2.35. The fourth-order valence-corrected chi connectivity index (χ4v) is 3.93. The van der Waals surface area contributed by atoms with Crippen LogP contribution >= 0.6 is 0 Å². The molecular formula is C21H24O5. The largest absolute Gasteiger partial charge is 0.489 e. The van der Waals surface area contributed by atoms with Crippen LogP contribution in [0.2, 0.25) is 0 Å². The maximum Gasteiger partial charge on any atom is 0.336 e. The van der Waals surface area contributed by atoms with Crippen LogP contribution in [0.4, 0.5) is 0 Å². The highest BCUT2D eigenvalue weighted by Crippen LogP contribution is 2.52. The van der Waals surface area contributed by atoms with E-state index in [9.17, 15) is 4.79 Å². The zero-order valence-electron chi connectivity index (χ0n) is 16.0. The third kappa shape index (κ3) is 2.37. The highest BCUT2D eigenvalue weighted by molar-refractivity contribution is 5.97. The number of aryl methyl sites for hydroxylation is 1. The molecule has 1 aromatic carbocycles. The standard InChI is InChI=1S/C21H24O5/c1-10-9-14(22)25-20-15(10)19-13(7-8-21(4,5)26-19)18-16(20)17(23-6)11(2)12(3)24-18/h7-9,11-12,17H,1-6H3/t11-,12-,17-/m1/s1. The first-order valence-corrected chi connectivity index (χ1v) is 8.95. The van der Waals surface area contributed by atoms with Gasteiger partial charge >= 0.3 is 5.63 Å². The number of hydrogen-bond donors (Lipinski definition) is 0. The molecule has 0 aliphatic carbocycles. The number of hydrogen-bond acceptors (Lipinski definition) is 5. The molecule has 0 fully saturated rings. The Balaban J connectivity index is 2.18. The van der Waals surface area contributed by atoms with Gasteiger partial charge in [0.25, 0.3) is 0 Å². The Morgan fingerprint density at radius 3 is 2.62 bits per heavy atom.